The Morgan fingerprint density at radius 2 is 2.00 bits per heavy atom. The van der Waals surface area contributed by atoms with Crippen molar-refractivity contribution in [1.29, 1.82) is 5.26 Å². The molecule has 5 heteroatoms. The van der Waals surface area contributed by atoms with E-state index in [-0.39, 0.29) is 24.9 Å². The SMILES string of the molecule is CCC1CCC(C#N)C(N2CCCC(C(F)(F)F)C2)C1. The molecule has 0 N–H and O–H groups in total. The van der Waals surface area contributed by atoms with Gasteiger partial charge in [-0.05, 0) is 44.6 Å². The summed E-state index contributed by atoms with van der Waals surface area (Å²) in [5, 5.41) is 9.28. The summed E-state index contributed by atoms with van der Waals surface area (Å²) in [6, 6.07) is 2.36. The summed E-state index contributed by atoms with van der Waals surface area (Å²) in [5.74, 6) is -0.738. The first-order chi connectivity index (χ1) is 9.45. The van der Waals surface area contributed by atoms with Crippen LogP contribution in [0.4, 0.5) is 13.2 Å². The highest BCUT2D eigenvalue weighted by molar-refractivity contribution is 4.98. The quantitative estimate of drug-likeness (QED) is 0.768. The molecule has 4 atom stereocenters. The monoisotopic (exact) mass is 288 g/mol. The van der Waals surface area contributed by atoms with Crippen LogP contribution in [0.3, 0.4) is 0 Å². The predicted molar refractivity (Wildman–Crippen MR) is 70.9 cm³/mol. The number of rotatable bonds is 2. The Bertz CT molecular complexity index is 361. The van der Waals surface area contributed by atoms with Crippen molar-refractivity contribution in [2.75, 3.05) is 13.1 Å². The summed E-state index contributed by atoms with van der Waals surface area (Å²) >= 11 is 0. The van der Waals surface area contributed by atoms with E-state index < -0.39 is 12.1 Å². The van der Waals surface area contributed by atoms with Crippen LogP contribution in [0.25, 0.3) is 0 Å². The molecule has 0 spiro atoms. The predicted octanol–water partition coefficient (Wildman–Crippen LogP) is 3.98. The first kappa shape index (κ1) is 15.6. The molecule has 2 fully saturated rings. The second kappa shape index (κ2) is 6.34. The van der Waals surface area contributed by atoms with Crippen LogP contribution in [0.15, 0.2) is 0 Å². The number of piperidine rings is 1. The number of nitriles is 1. The number of nitrogens with zero attached hydrogens (tertiary/aromatic N) is 2. The van der Waals surface area contributed by atoms with Crippen molar-refractivity contribution < 1.29 is 13.2 Å². The third-order valence-electron chi connectivity index (χ3n) is 5.05. The van der Waals surface area contributed by atoms with Crippen molar-refractivity contribution >= 4 is 0 Å². The van der Waals surface area contributed by atoms with E-state index >= 15 is 0 Å². The number of hydrogen-bond acceptors (Lipinski definition) is 2. The van der Waals surface area contributed by atoms with Gasteiger partial charge >= 0.3 is 6.18 Å². The number of alkyl halides is 3. The Morgan fingerprint density at radius 1 is 1.25 bits per heavy atom. The molecular formula is C15H23F3N2. The molecule has 2 rings (SSSR count). The van der Waals surface area contributed by atoms with E-state index in [0.29, 0.717) is 18.9 Å². The van der Waals surface area contributed by atoms with Crippen molar-refractivity contribution in [3.63, 3.8) is 0 Å². The minimum absolute atomic E-state index is 0.0313. The van der Waals surface area contributed by atoms with Crippen molar-refractivity contribution in [2.45, 2.75) is 57.7 Å². The van der Waals surface area contributed by atoms with Gasteiger partial charge < -0.3 is 0 Å². The van der Waals surface area contributed by atoms with Crippen LogP contribution in [0.5, 0.6) is 0 Å². The average molecular weight is 288 g/mol. The maximum Gasteiger partial charge on any atom is 0.393 e. The lowest BCUT2D eigenvalue weighted by atomic mass is 9.76. The molecule has 4 unspecified atom stereocenters. The van der Waals surface area contributed by atoms with Crippen molar-refractivity contribution in [2.24, 2.45) is 17.8 Å². The van der Waals surface area contributed by atoms with Crippen molar-refractivity contribution in [1.82, 2.24) is 4.90 Å². The minimum atomic E-state index is -4.10. The normalized spacial score (nSPS) is 36.5. The smallest absolute Gasteiger partial charge is 0.298 e. The molecular weight excluding hydrogens is 265 g/mol. The van der Waals surface area contributed by atoms with Gasteiger partial charge in [0.15, 0.2) is 0 Å². The molecule has 2 aliphatic rings. The molecule has 0 aromatic rings. The number of halogens is 3. The molecule has 0 bridgehead atoms. The van der Waals surface area contributed by atoms with E-state index in [2.05, 4.69) is 13.0 Å². The fourth-order valence-electron chi connectivity index (χ4n) is 3.73. The zero-order valence-corrected chi connectivity index (χ0v) is 12.0. The van der Waals surface area contributed by atoms with Gasteiger partial charge in [-0.3, -0.25) is 4.90 Å². The Kier molecular flexibility index (Phi) is 4.95. The highest BCUT2D eigenvalue weighted by Gasteiger charge is 2.44. The van der Waals surface area contributed by atoms with Gasteiger partial charge in [0.1, 0.15) is 0 Å². The van der Waals surface area contributed by atoms with Gasteiger partial charge in [-0.2, -0.15) is 18.4 Å². The zero-order valence-electron chi connectivity index (χ0n) is 12.0. The molecule has 1 aliphatic heterocycles. The summed E-state index contributed by atoms with van der Waals surface area (Å²) < 4.78 is 38.7. The van der Waals surface area contributed by atoms with Crippen LogP contribution in [-0.2, 0) is 0 Å². The van der Waals surface area contributed by atoms with Crippen LogP contribution in [0.1, 0.15) is 45.4 Å². The summed E-state index contributed by atoms with van der Waals surface area (Å²) in [4.78, 5) is 1.96. The largest absolute Gasteiger partial charge is 0.393 e. The molecule has 2 nitrogen and oxygen atoms in total. The first-order valence-electron chi connectivity index (χ1n) is 7.66. The second-order valence-corrected chi connectivity index (χ2v) is 6.27. The Hall–Kier alpha value is -0.760. The van der Waals surface area contributed by atoms with Crippen LogP contribution in [0.2, 0.25) is 0 Å². The lowest BCUT2D eigenvalue weighted by molar-refractivity contribution is -0.190. The standard InChI is InChI=1S/C15H23F3N2/c1-2-11-5-6-12(9-19)14(8-11)20-7-3-4-13(10-20)15(16,17)18/h11-14H,2-8,10H2,1H3. The van der Waals surface area contributed by atoms with E-state index in [9.17, 15) is 18.4 Å². The highest BCUT2D eigenvalue weighted by atomic mass is 19.4. The molecule has 1 saturated carbocycles. The van der Waals surface area contributed by atoms with E-state index in [0.717, 1.165) is 25.7 Å². The average Bonchev–Trinajstić information content (AvgIpc) is 2.45. The van der Waals surface area contributed by atoms with Crippen LogP contribution >= 0.6 is 0 Å². The van der Waals surface area contributed by atoms with Gasteiger partial charge in [0.25, 0.3) is 0 Å². The Labute approximate surface area is 118 Å². The minimum Gasteiger partial charge on any atom is -0.298 e. The summed E-state index contributed by atoms with van der Waals surface area (Å²) in [5.41, 5.74) is 0. The molecule has 1 saturated heterocycles. The summed E-state index contributed by atoms with van der Waals surface area (Å²) in [7, 11) is 0. The molecule has 0 amide bonds. The maximum atomic E-state index is 12.9. The van der Waals surface area contributed by atoms with Crippen molar-refractivity contribution in [3.05, 3.63) is 0 Å². The fourth-order valence-corrected chi connectivity index (χ4v) is 3.73. The lowest BCUT2D eigenvalue weighted by Gasteiger charge is -2.44. The molecule has 20 heavy (non-hydrogen) atoms. The van der Waals surface area contributed by atoms with Gasteiger partial charge in [-0.25, -0.2) is 0 Å². The molecule has 0 aromatic carbocycles. The Balaban J connectivity index is 2.05. The third kappa shape index (κ3) is 3.46. The Morgan fingerprint density at radius 3 is 2.60 bits per heavy atom. The molecule has 1 aliphatic carbocycles. The second-order valence-electron chi connectivity index (χ2n) is 6.27. The maximum absolute atomic E-state index is 12.9. The van der Waals surface area contributed by atoms with Gasteiger partial charge in [-0.1, -0.05) is 13.3 Å². The van der Waals surface area contributed by atoms with Gasteiger partial charge in [-0.15, -0.1) is 0 Å². The topological polar surface area (TPSA) is 27.0 Å². The van der Waals surface area contributed by atoms with Gasteiger partial charge in [0.2, 0.25) is 0 Å². The van der Waals surface area contributed by atoms with E-state index in [1.165, 1.54) is 0 Å². The summed E-state index contributed by atoms with van der Waals surface area (Å²) in [6.45, 7) is 2.93. The molecule has 0 aromatic heterocycles. The van der Waals surface area contributed by atoms with Gasteiger partial charge in [0, 0.05) is 12.6 Å². The van der Waals surface area contributed by atoms with E-state index in [4.69, 9.17) is 0 Å². The zero-order chi connectivity index (χ0) is 14.8. The highest BCUT2D eigenvalue weighted by Crippen LogP contribution is 2.38. The van der Waals surface area contributed by atoms with Crippen molar-refractivity contribution in [3.8, 4) is 6.07 Å². The number of likely N-dealkylation sites (tertiary alicyclic amines) is 1. The van der Waals surface area contributed by atoms with Crippen LogP contribution in [-0.4, -0.2) is 30.2 Å². The van der Waals surface area contributed by atoms with Crippen LogP contribution in [0, 0.1) is 29.1 Å². The molecule has 0 radical (unpaired) electrons. The van der Waals surface area contributed by atoms with Crippen LogP contribution < -0.4 is 0 Å². The fraction of sp³-hybridized carbons (Fsp3) is 0.933. The first-order valence-corrected chi connectivity index (χ1v) is 7.66. The number of hydrogen-bond donors (Lipinski definition) is 0. The third-order valence-corrected chi connectivity index (χ3v) is 5.05. The molecule has 114 valence electrons. The lowest BCUT2D eigenvalue weighted by Crippen LogP contribution is -2.50. The van der Waals surface area contributed by atoms with E-state index in [1.807, 2.05) is 4.90 Å². The summed E-state index contributed by atoms with van der Waals surface area (Å²) in [6.07, 6.45) is 0.565. The molecule has 1 heterocycles. The van der Waals surface area contributed by atoms with Gasteiger partial charge in [0.05, 0.1) is 17.9 Å². The van der Waals surface area contributed by atoms with E-state index in [1.54, 1.807) is 0 Å².